The molecule has 22 heavy (non-hydrogen) atoms. The highest BCUT2D eigenvalue weighted by molar-refractivity contribution is 7.09. The second-order valence-electron chi connectivity index (χ2n) is 4.45. The van der Waals surface area contributed by atoms with Gasteiger partial charge in [0.2, 0.25) is 11.4 Å². The molecule has 1 aromatic rings. The summed E-state index contributed by atoms with van der Waals surface area (Å²) in [5.41, 5.74) is -1.84. The fourth-order valence-corrected chi connectivity index (χ4v) is 2.55. The largest absolute Gasteiger partial charge is 0.464 e. The topological polar surface area (TPSA) is 94.6 Å². The Morgan fingerprint density at radius 3 is 2.23 bits per heavy atom. The van der Waals surface area contributed by atoms with Crippen molar-refractivity contribution in [2.45, 2.75) is 39.2 Å². The van der Waals surface area contributed by atoms with E-state index in [4.69, 9.17) is 9.47 Å². The summed E-state index contributed by atoms with van der Waals surface area (Å²) < 4.78 is 9.95. The van der Waals surface area contributed by atoms with Gasteiger partial charge in [-0.3, -0.25) is 4.79 Å². The molecule has 1 rings (SSSR count). The van der Waals surface area contributed by atoms with Gasteiger partial charge in [0.15, 0.2) is 0 Å². The molecule has 0 radical (unpaired) electrons. The molecule has 0 aromatic carbocycles. The van der Waals surface area contributed by atoms with Crippen molar-refractivity contribution in [1.82, 2.24) is 10.3 Å². The van der Waals surface area contributed by atoms with E-state index in [9.17, 15) is 14.4 Å². The Hall–Kier alpha value is -1.96. The van der Waals surface area contributed by atoms with Gasteiger partial charge in [-0.15, -0.1) is 11.3 Å². The third-order valence-corrected chi connectivity index (χ3v) is 3.67. The molecule has 0 aliphatic carbocycles. The molecule has 1 amide bonds. The zero-order valence-corrected chi connectivity index (χ0v) is 13.7. The van der Waals surface area contributed by atoms with Crippen molar-refractivity contribution < 1.29 is 23.9 Å². The zero-order valence-electron chi connectivity index (χ0n) is 12.9. The highest BCUT2D eigenvalue weighted by Gasteiger charge is 2.49. The molecular weight excluding hydrogens is 308 g/mol. The van der Waals surface area contributed by atoms with E-state index in [1.165, 1.54) is 18.3 Å². The Bertz CT molecular complexity index is 497. The molecule has 7 nitrogen and oxygen atoms in total. The molecular formula is C14H20N2O5S. The van der Waals surface area contributed by atoms with Crippen molar-refractivity contribution in [3.63, 3.8) is 0 Å². The molecule has 0 bridgehead atoms. The maximum Gasteiger partial charge on any atom is 0.343 e. The Balaban J connectivity index is 3.07. The summed E-state index contributed by atoms with van der Waals surface area (Å²) in [6.07, 6.45) is 2.00. The molecule has 0 fully saturated rings. The lowest BCUT2D eigenvalue weighted by molar-refractivity contribution is -0.168. The first-order valence-corrected chi connectivity index (χ1v) is 7.85. The van der Waals surface area contributed by atoms with Crippen LogP contribution >= 0.6 is 11.3 Å². The van der Waals surface area contributed by atoms with Gasteiger partial charge in [0.25, 0.3) is 0 Å². The number of aromatic nitrogens is 1. The first-order valence-electron chi connectivity index (χ1n) is 6.97. The third-order valence-electron chi connectivity index (χ3n) is 2.83. The number of hydrogen-bond donors (Lipinski definition) is 1. The van der Waals surface area contributed by atoms with E-state index in [-0.39, 0.29) is 19.6 Å². The van der Waals surface area contributed by atoms with Gasteiger partial charge in [0.05, 0.1) is 18.2 Å². The minimum absolute atomic E-state index is 0.0256. The molecule has 122 valence electrons. The van der Waals surface area contributed by atoms with Crippen LogP contribution in [-0.4, -0.2) is 41.6 Å². The van der Waals surface area contributed by atoms with Gasteiger partial charge < -0.3 is 14.8 Å². The minimum atomic E-state index is -1.84. The molecule has 0 aliphatic rings. The van der Waals surface area contributed by atoms with Crippen molar-refractivity contribution >= 4 is 29.2 Å². The average Bonchev–Trinajstić information content (AvgIpc) is 2.96. The lowest BCUT2D eigenvalue weighted by atomic mass is 9.93. The van der Waals surface area contributed by atoms with E-state index >= 15 is 0 Å². The first kappa shape index (κ1) is 18.1. The Morgan fingerprint density at radius 2 is 1.82 bits per heavy atom. The van der Waals surface area contributed by atoms with Crippen LogP contribution in [0.2, 0.25) is 0 Å². The summed E-state index contributed by atoms with van der Waals surface area (Å²) in [4.78, 5) is 40.3. The molecule has 1 aromatic heterocycles. The number of aryl methyl sites for hydroxylation is 1. The lowest BCUT2D eigenvalue weighted by Crippen LogP contribution is -2.61. The van der Waals surface area contributed by atoms with Gasteiger partial charge in [-0.1, -0.05) is 0 Å². The first-order chi connectivity index (χ1) is 10.5. The minimum Gasteiger partial charge on any atom is -0.464 e. The number of rotatable bonds is 8. The molecule has 0 atom stereocenters. The third kappa shape index (κ3) is 4.52. The normalized spacial score (nSPS) is 10.9. The maximum absolute atomic E-state index is 12.3. The summed E-state index contributed by atoms with van der Waals surface area (Å²) >= 11 is 1.40. The van der Waals surface area contributed by atoms with Crippen molar-refractivity contribution in [2.75, 3.05) is 13.2 Å². The Kier molecular flexibility index (Phi) is 6.97. The van der Waals surface area contributed by atoms with E-state index in [1.54, 1.807) is 25.4 Å². The predicted octanol–water partition coefficient (Wildman–Crippen LogP) is 1.08. The van der Waals surface area contributed by atoms with Gasteiger partial charge in [-0.25, -0.2) is 14.6 Å². The van der Waals surface area contributed by atoms with Crippen molar-refractivity contribution in [3.8, 4) is 0 Å². The number of hydrogen-bond acceptors (Lipinski definition) is 7. The van der Waals surface area contributed by atoms with E-state index < -0.39 is 23.4 Å². The van der Waals surface area contributed by atoms with Gasteiger partial charge in [-0.2, -0.15) is 0 Å². The number of nitrogens with zero attached hydrogens (tertiary/aromatic N) is 1. The molecule has 0 spiro atoms. The van der Waals surface area contributed by atoms with Crippen molar-refractivity contribution in [2.24, 2.45) is 0 Å². The second kappa shape index (κ2) is 8.47. The quantitative estimate of drug-likeness (QED) is 0.567. The van der Waals surface area contributed by atoms with Crippen molar-refractivity contribution in [1.29, 1.82) is 0 Å². The fourth-order valence-electron chi connectivity index (χ4n) is 1.93. The monoisotopic (exact) mass is 328 g/mol. The van der Waals surface area contributed by atoms with Crippen molar-refractivity contribution in [3.05, 3.63) is 16.6 Å². The standard InChI is InChI=1S/C14H20N2O5S/c1-4-20-12(18)14(16-10(3)17,13(19)21-5-2)7-6-11-15-8-9-22-11/h8-9H,4-7H2,1-3H3,(H,16,17). The Morgan fingerprint density at radius 1 is 1.23 bits per heavy atom. The average molecular weight is 328 g/mol. The van der Waals surface area contributed by atoms with Gasteiger partial charge in [0, 0.05) is 24.9 Å². The predicted molar refractivity (Wildman–Crippen MR) is 80.2 cm³/mol. The van der Waals surface area contributed by atoms with Crippen LogP contribution < -0.4 is 5.32 Å². The Labute approximate surface area is 133 Å². The number of nitrogens with one attached hydrogen (secondary N) is 1. The number of carbonyl (C=O) groups is 3. The second-order valence-corrected chi connectivity index (χ2v) is 5.43. The molecule has 8 heteroatoms. The van der Waals surface area contributed by atoms with Crippen LogP contribution in [0.15, 0.2) is 11.6 Å². The van der Waals surface area contributed by atoms with Gasteiger partial charge in [-0.05, 0) is 20.3 Å². The summed E-state index contributed by atoms with van der Waals surface area (Å²) in [7, 11) is 0. The highest BCUT2D eigenvalue weighted by atomic mass is 32.1. The van der Waals surface area contributed by atoms with E-state index in [1.807, 2.05) is 0 Å². The summed E-state index contributed by atoms with van der Waals surface area (Å²) in [6, 6.07) is 0. The van der Waals surface area contributed by atoms with Crippen LogP contribution in [0, 0.1) is 0 Å². The number of carbonyl (C=O) groups excluding carboxylic acids is 3. The summed E-state index contributed by atoms with van der Waals surface area (Å²) in [5, 5.41) is 4.96. The van der Waals surface area contributed by atoms with Crippen LogP contribution in [0.4, 0.5) is 0 Å². The fraction of sp³-hybridized carbons (Fsp3) is 0.571. The molecule has 0 saturated carbocycles. The SMILES string of the molecule is CCOC(=O)C(CCc1nccs1)(NC(C)=O)C(=O)OCC. The van der Waals surface area contributed by atoms with Crippen LogP contribution in [0.3, 0.4) is 0 Å². The number of amides is 1. The van der Waals surface area contributed by atoms with E-state index in [0.29, 0.717) is 6.42 Å². The number of ether oxygens (including phenoxy) is 2. The molecule has 1 N–H and O–H groups in total. The summed E-state index contributed by atoms with van der Waals surface area (Å²) in [6.45, 7) is 4.68. The molecule has 0 aliphatic heterocycles. The number of thiazole rings is 1. The van der Waals surface area contributed by atoms with Crippen LogP contribution in [0.1, 0.15) is 32.2 Å². The molecule has 0 unspecified atom stereocenters. The van der Waals surface area contributed by atoms with Gasteiger partial charge >= 0.3 is 11.9 Å². The smallest absolute Gasteiger partial charge is 0.343 e. The molecule has 1 heterocycles. The van der Waals surface area contributed by atoms with Crippen LogP contribution in [0.25, 0.3) is 0 Å². The highest BCUT2D eigenvalue weighted by Crippen LogP contribution is 2.20. The maximum atomic E-state index is 12.3. The van der Waals surface area contributed by atoms with Crippen LogP contribution in [-0.2, 0) is 30.3 Å². The number of esters is 2. The summed E-state index contributed by atoms with van der Waals surface area (Å²) in [5.74, 6) is -2.15. The zero-order chi connectivity index (χ0) is 16.6. The van der Waals surface area contributed by atoms with Crippen LogP contribution in [0.5, 0.6) is 0 Å². The molecule has 0 saturated heterocycles. The lowest BCUT2D eigenvalue weighted by Gasteiger charge is -2.29. The van der Waals surface area contributed by atoms with E-state index in [2.05, 4.69) is 10.3 Å². The van der Waals surface area contributed by atoms with Gasteiger partial charge in [0.1, 0.15) is 0 Å². The van der Waals surface area contributed by atoms with E-state index in [0.717, 1.165) is 5.01 Å².